The van der Waals surface area contributed by atoms with Gasteiger partial charge in [-0.15, -0.1) is 0 Å². The van der Waals surface area contributed by atoms with E-state index in [1.807, 2.05) is 0 Å². The molecule has 0 aliphatic rings. The number of hydrogen-bond donors (Lipinski definition) is 2. The van der Waals surface area contributed by atoms with Gasteiger partial charge in [-0.3, -0.25) is 9.10 Å². The SMILES string of the molecule is Cc1ccc(Cl)cc1N(CC(=O)NCc1cccc(C(=O)O)c1)S(=O)(=O)c1ccc(Cl)cc1. The number of nitrogens with one attached hydrogen (secondary N) is 1. The molecule has 0 bridgehead atoms. The van der Waals surface area contributed by atoms with Crippen molar-refractivity contribution < 1.29 is 23.1 Å². The molecule has 0 atom stereocenters. The summed E-state index contributed by atoms with van der Waals surface area (Å²) in [4.78, 5) is 23.9. The van der Waals surface area contributed by atoms with Crippen LogP contribution in [0.25, 0.3) is 0 Å². The third kappa shape index (κ3) is 6.04. The Bertz CT molecular complexity index is 1290. The average Bonchev–Trinajstić information content (AvgIpc) is 2.78. The van der Waals surface area contributed by atoms with E-state index >= 15 is 0 Å². The van der Waals surface area contributed by atoms with Gasteiger partial charge >= 0.3 is 5.97 Å². The number of carboxylic acid groups (broad SMARTS) is 1. The molecule has 0 fully saturated rings. The van der Waals surface area contributed by atoms with Gasteiger partial charge in [0, 0.05) is 16.6 Å². The van der Waals surface area contributed by atoms with Gasteiger partial charge in [-0.2, -0.15) is 0 Å². The number of carbonyl (C=O) groups is 2. The maximum Gasteiger partial charge on any atom is 0.335 e. The number of hydrogen-bond acceptors (Lipinski definition) is 4. The quantitative estimate of drug-likeness (QED) is 0.467. The Hall–Kier alpha value is -3.07. The monoisotopic (exact) mass is 506 g/mol. The summed E-state index contributed by atoms with van der Waals surface area (Å²) >= 11 is 12.0. The van der Waals surface area contributed by atoms with Crippen LogP contribution in [0, 0.1) is 6.92 Å². The molecule has 0 spiro atoms. The van der Waals surface area contributed by atoms with E-state index in [-0.39, 0.29) is 22.7 Å². The van der Waals surface area contributed by atoms with Gasteiger partial charge in [-0.05, 0) is 66.6 Å². The number of carboxylic acids is 1. The summed E-state index contributed by atoms with van der Waals surface area (Å²) in [6, 6.07) is 16.5. The molecule has 0 aromatic heterocycles. The van der Waals surface area contributed by atoms with Crippen LogP contribution in [0.2, 0.25) is 10.0 Å². The molecule has 0 aliphatic heterocycles. The number of aromatic carboxylic acids is 1. The first-order valence-electron chi connectivity index (χ1n) is 9.71. The van der Waals surface area contributed by atoms with Gasteiger partial charge in [0.05, 0.1) is 16.1 Å². The Kier molecular flexibility index (Phi) is 7.63. The molecular formula is C23H20Cl2N2O5S. The third-order valence-electron chi connectivity index (χ3n) is 4.79. The first kappa shape index (κ1) is 24.6. The lowest BCUT2D eigenvalue weighted by molar-refractivity contribution is -0.119. The van der Waals surface area contributed by atoms with Gasteiger partial charge in [0.25, 0.3) is 10.0 Å². The molecule has 3 aromatic carbocycles. The van der Waals surface area contributed by atoms with Crippen LogP contribution in [-0.2, 0) is 21.4 Å². The van der Waals surface area contributed by atoms with Crippen molar-refractivity contribution in [2.24, 2.45) is 0 Å². The topological polar surface area (TPSA) is 104 Å². The van der Waals surface area contributed by atoms with Crippen molar-refractivity contribution >= 4 is 50.8 Å². The van der Waals surface area contributed by atoms with E-state index in [0.29, 0.717) is 21.2 Å². The number of rotatable bonds is 8. The third-order valence-corrected chi connectivity index (χ3v) is 7.05. The summed E-state index contributed by atoms with van der Waals surface area (Å²) in [5.41, 5.74) is 1.52. The van der Waals surface area contributed by atoms with Gasteiger partial charge in [-0.1, -0.05) is 41.4 Å². The van der Waals surface area contributed by atoms with E-state index in [1.165, 1.54) is 42.5 Å². The van der Waals surface area contributed by atoms with E-state index in [0.717, 1.165) is 4.31 Å². The molecule has 3 aromatic rings. The lowest BCUT2D eigenvalue weighted by Gasteiger charge is -2.26. The van der Waals surface area contributed by atoms with Gasteiger partial charge in [0.15, 0.2) is 0 Å². The molecule has 0 saturated carbocycles. The van der Waals surface area contributed by atoms with E-state index in [9.17, 15) is 18.0 Å². The molecule has 0 saturated heterocycles. The zero-order chi connectivity index (χ0) is 24.2. The van der Waals surface area contributed by atoms with Crippen LogP contribution >= 0.6 is 23.2 Å². The molecule has 0 heterocycles. The zero-order valence-corrected chi connectivity index (χ0v) is 19.8. The van der Waals surface area contributed by atoms with E-state index in [2.05, 4.69) is 5.32 Å². The number of aryl methyl sites for hydroxylation is 1. The number of anilines is 1. The van der Waals surface area contributed by atoms with Crippen LogP contribution in [0.3, 0.4) is 0 Å². The van der Waals surface area contributed by atoms with Gasteiger partial charge in [0.2, 0.25) is 5.91 Å². The van der Waals surface area contributed by atoms with Crippen LogP contribution in [-0.4, -0.2) is 31.9 Å². The summed E-state index contributed by atoms with van der Waals surface area (Å²) in [6.45, 7) is 1.24. The van der Waals surface area contributed by atoms with Crippen molar-refractivity contribution in [2.45, 2.75) is 18.4 Å². The fourth-order valence-electron chi connectivity index (χ4n) is 3.09. The molecule has 1 amide bonds. The van der Waals surface area contributed by atoms with Crippen molar-refractivity contribution in [1.82, 2.24) is 5.32 Å². The highest BCUT2D eigenvalue weighted by Crippen LogP contribution is 2.29. The Morgan fingerprint density at radius 2 is 1.64 bits per heavy atom. The van der Waals surface area contributed by atoms with Gasteiger partial charge < -0.3 is 10.4 Å². The molecule has 0 unspecified atom stereocenters. The zero-order valence-electron chi connectivity index (χ0n) is 17.5. The number of amides is 1. The van der Waals surface area contributed by atoms with Gasteiger partial charge in [0.1, 0.15) is 6.54 Å². The summed E-state index contributed by atoms with van der Waals surface area (Å²) in [5, 5.41) is 12.4. The number of halogens is 2. The largest absolute Gasteiger partial charge is 0.478 e. The summed E-state index contributed by atoms with van der Waals surface area (Å²) in [6.07, 6.45) is 0. The number of nitrogens with zero attached hydrogens (tertiary/aromatic N) is 1. The molecule has 0 radical (unpaired) electrons. The van der Waals surface area contributed by atoms with E-state index in [1.54, 1.807) is 31.2 Å². The van der Waals surface area contributed by atoms with E-state index < -0.39 is 28.4 Å². The Morgan fingerprint density at radius 3 is 2.30 bits per heavy atom. The molecule has 172 valence electrons. The number of benzene rings is 3. The second kappa shape index (κ2) is 10.2. The minimum atomic E-state index is -4.13. The highest BCUT2D eigenvalue weighted by atomic mass is 35.5. The lowest BCUT2D eigenvalue weighted by atomic mass is 10.1. The smallest absolute Gasteiger partial charge is 0.335 e. The normalized spacial score (nSPS) is 11.1. The van der Waals surface area contributed by atoms with Crippen molar-refractivity contribution in [3.8, 4) is 0 Å². The van der Waals surface area contributed by atoms with Crippen LogP contribution in [0.4, 0.5) is 5.69 Å². The molecule has 0 aliphatic carbocycles. The fraction of sp³-hybridized carbons (Fsp3) is 0.130. The first-order valence-corrected chi connectivity index (χ1v) is 11.9. The number of sulfonamides is 1. The second-order valence-corrected chi connectivity index (χ2v) is 9.91. The maximum absolute atomic E-state index is 13.4. The minimum Gasteiger partial charge on any atom is -0.478 e. The Balaban J connectivity index is 1.89. The van der Waals surface area contributed by atoms with Crippen molar-refractivity contribution in [3.05, 3.63) is 93.5 Å². The maximum atomic E-state index is 13.4. The fourth-order valence-corrected chi connectivity index (χ4v) is 4.86. The highest BCUT2D eigenvalue weighted by molar-refractivity contribution is 7.92. The molecule has 7 nitrogen and oxygen atoms in total. The van der Waals surface area contributed by atoms with Crippen LogP contribution in [0.1, 0.15) is 21.5 Å². The first-order chi connectivity index (χ1) is 15.6. The van der Waals surface area contributed by atoms with Crippen LogP contribution < -0.4 is 9.62 Å². The standard InChI is InChI=1S/C23H20Cl2N2O5S/c1-15-5-6-19(25)12-21(15)27(33(31,32)20-9-7-18(24)8-10-20)14-22(28)26-13-16-3-2-4-17(11-16)23(29)30/h2-12H,13-14H2,1H3,(H,26,28)(H,29,30). The molecule has 3 rings (SSSR count). The summed E-state index contributed by atoms with van der Waals surface area (Å²) in [7, 11) is -4.13. The molecular weight excluding hydrogens is 487 g/mol. The van der Waals surface area contributed by atoms with Gasteiger partial charge in [-0.25, -0.2) is 13.2 Å². The van der Waals surface area contributed by atoms with Crippen LogP contribution in [0.5, 0.6) is 0 Å². The molecule has 33 heavy (non-hydrogen) atoms. The lowest BCUT2D eigenvalue weighted by Crippen LogP contribution is -2.41. The minimum absolute atomic E-state index is 0.0311. The van der Waals surface area contributed by atoms with Crippen molar-refractivity contribution in [1.29, 1.82) is 0 Å². The molecule has 2 N–H and O–H groups in total. The Morgan fingerprint density at radius 1 is 0.970 bits per heavy atom. The van der Waals surface area contributed by atoms with E-state index in [4.69, 9.17) is 28.3 Å². The van der Waals surface area contributed by atoms with Crippen molar-refractivity contribution in [3.63, 3.8) is 0 Å². The van der Waals surface area contributed by atoms with Crippen LogP contribution in [0.15, 0.2) is 71.6 Å². The average molecular weight is 507 g/mol. The molecule has 10 heteroatoms. The Labute approximate surface area is 201 Å². The second-order valence-electron chi connectivity index (χ2n) is 7.18. The summed E-state index contributed by atoms with van der Waals surface area (Å²) < 4.78 is 27.8. The number of carbonyl (C=O) groups excluding carboxylic acids is 1. The van der Waals surface area contributed by atoms with Crippen molar-refractivity contribution in [2.75, 3.05) is 10.8 Å². The predicted octanol–water partition coefficient (Wildman–Crippen LogP) is 4.51. The predicted molar refractivity (Wildman–Crippen MR) is 127 cm³/mol. The highest BCUT2D eigenvalue weighted by Gasteiger charge is 2.28. The summed E-state index contributed by atoms with van der Waals surface area (Å²) in [5.74, 6) is -1.66.